The second kappa shape index (κ2) is 8.14. The Morgan fingerprint density at radius 3 is 2.34 bits per heavy atom. The van der Waals surface area contributed by atoms with E-state index in [4.69, 9.17) is 9.64 Å². The van der Waals surface area contributed by atoms with Crippen molar-refractivity contribution in [3.63, 3.8) is 0 Å². The summed E-state index contributed by atoms with van der Waals surface area (Å²) in [7, 11) is 0.443. The molecule has 6 heteroatoms. The van der Waals surface area contributed by atoms with Crippen LogP contribution in [0.2, 0.25) is 0 Å². The van der Waals surface area contributed by atoms with Crippen molar-refractivity contribution in [2.75, 3.05) is 0 Å². The van der Waals surface area contributed by atoms with Crippen molar-refractivity contribution in [2.24, 2.45) is 0 Å². The zero-order valence-corrected chi connectivity index (χ0v) is 21.9. The molecule has 0 fully saturated rings. The van der Waals surface area contributed by atoms with E-state index in [9.17, 15) is 5.11 Å². The summed E-state index contributed by atoms with van der Waals surface area (Å²) in [6, 6.07) is 25.8. The number of hydrogen-bond acceptors (Lipinski definition) is 5. The molecule has 2 heterocycles. The summed E-state index contributed by atoms with van der Waals surface area (Å²) in [5.74, 6) is 0. The van der Waals surface area contributed by atoms with Gasteiger partial charge in [0.1, 0.15) is 5.01 Å². The number of fused-ring (bicyclic) bond motifs is 5. The molecule has 174 valence electrons. The van der Waals surface area contributed by atoms with Gasteiger partial charge in [0.05, 0.1) is 21.4 Å². The van der Waals surface area contributed by atoms with Crippen LogP contribution < -0.4 is 5.46 Å². The molecule has 0 radical (unpaired) electrons. The Bertz CT molecular complexity index is 1670. The lowest BCUT2D eigenvalue weighted by Gasteiger charge is -2.37. The molecule has 2 aromatic heterocycles. The number of rotatable bonds is 5. The van der Waals surface area contributed by atoms with Crippen LogP contribution in [0.1, 0.15) is 27.7 Å². The lowest BCUT2D eigenvalue weighted by molar-refractivity contribution is -0.0893. The summed E-state index contributed by atoms with van der Waals surface area (Å²) < 4.78 is 9.94. The second-order valence-electron chi connectivity index (χ2n) is 10.1. The first-order chi connectivity index (χ1) is 16.7. The minimum atomic E-state index is -0.942. The van der Waals surface area contributed by atoms with E-state index in [0.29, 0.717) is 7.48 Å². The fourth-order valence-corrected chi connectivity index (χ4v) is 6.73. The Hall–Kier alpha value is -2.77. The summed E-state index contributed by atoms with van der Waals surface area (Å²) >= 11 is 3.56. The van der Waals surface area contributed by atoms with Crippen molar-refractivity contribution in [1.82, 2.24) is 4.98 Å². The predicted molar refractivity (Wildman–Crippen MR) is 154 cm³/mol. The molecule has 4 aromatic carbocycles. The van der Waals surface area contributed by atoms with Gasteiger partial charge in [-0.25, -0.2) is 4.98 Å². The van der Waals surface area contributed by atoms with E-state index < -0.39 is 11.2 Å². The maximum absolute atomic E-state index is 10.5. The van der Waals surface area contributed by atoms with Gasteiger partial charge in [-0.05, 0) is 67.5 Å². The smallest absolute Gasteiger partial charge is 0.310 e. The topological polar surface area (TPSA) is 42.4 Å². The number of aliphatic hydroxyl groups is 1. The minimum Gasteiger partial charge on any atom is -0.427 e. The highest BCUT2D eigenvalue weighted by molar-refractivity contribution is 7.27. The van der Waals surface area contributed by atoms with E-state index in [-0.39, 0.29) is 0 Å². The number of hydrogen-bond donors (Lipinski definition) is 1. The average Bonchev–Trinajstić information content (AvgIpc) is 3.41. The molecule has 0 spiro atoms. The van der Waals surface area contributed by atoms with Gasteiger partial charge in [0, 0.05) is 20.3 Å². The van der Waals surface area contributed by atoms with Crippen molar-refractivity contribution in [3.05, 3.63) is 72.8 Å². The van der Waals surface area contributed by atoms with Gasteiger partial charge in [-0.3, -0.25) is 0 Å². The van der Waals surface area contributed by atoms with Crippen LogP contribution in [0.5, 0.6) is 0 Å². The molecule has 0 aliphatic carbocycles. The van der Waals surface area contributed by atoms with Gasteiger partial charge in [0.2, 0.25) is 0 Å². The van der Waals surface area contributed by atoms with Crippen molar-refractivity contribution < 1.29 is 9.76 Å². The monoisotopic (exact) mass is 495 g/mol. The third kappa shape index (κ3) is 3.85. The van der Waals surface area contributed by atoms with Gasteiger partial charge in [0.25, 0.3) is 0 Å². The van der Waals surface area contributed by atoms with Crippen LogP contribution in [0.3, 0.4) is 0 Å². The molecule has 0 bridgehead atoms. The zero-order valence-electron chi connectivity index (χ0n) is 20.3. The number of thiazole rings is 1. The van der Waals surface area contributed by atoms with E-state index in [0.717, 1.165) is 16.0 Å². The number of nitrogens with zero attached hydrogens (tertiary/aromatic N) is 1. The van der Waals surface area contributed by atoms with Crippen molar-refractivity contribution >= 4 is 76.8 Å². The average molecular weight is 495 g/mol. The van der Waals surface area contributed by atoms with Crippen molar-refractivity contribution in [1.29, 1.82) is 0 Å². The lowest BCUT2D eigenvalue weighted by Crippen LogP contribution is -2.49. The van der Waals surface area contributed by atoms with Crippen LogP contribution in [-0.4, -0.2) is 28.8 Å². The van der Waals surface area contributed by atoms with Crippen LogP contribution >= 0.6 is 22.7 Å². The maximum Gasteiger partial charge on any atom is 0.310 e. The molecule has 0 unspecified atom stereocenters. The normalized spacial score (nSPS) is 12.8. The highest BCUT2D eigenvalue weighted by Crippen LogP contribution is 2.42. The first kappa shape index (κ1) is 22.7. The molecule has 0 atom stereocenters. The van der Waals surface area contributed by atoms with Gasteiger partial charge >= 0.3 is 7.48 Å². The largest absolute Gasteiger partial charge is 0.427 e. The van der Waals surface area contributed by atoms with Gasteiger partial charge in [-0.1, -0.05) is 54.6 Å². The molecule has 6 aromatic rings. The van der Waals surface area contributed by atoms with E-state index >= 15 is 0 Å². The predicted octanol–water partition coefficient (Wildman–Crippen LogP) is 7.03. The van der Waals surface area contributed by atoms with Gasteiger partial charge < -0.3 is 9.76 Å². The minimum absolute atomic E-state index is 0.443. The number of aromatic nitrogens is 1. The van der Waals surface area contributed by atoms with Crippen LogP contribution in [0, 0.1) is 0 Å². The van der Waals surface area contributed by atoms with Gasteiger partial charge in [-0.15, -0.1) is 22.7 Å². The fourth-order valence-electron chi connectivity index (χ4n) is 4.37. The van der Waals surface area contributed by atoms with Crippen molar-refractivity contribution in [2.45, 2.75) is 38.9 Å². The zero-order chi connectivity index (χ0) is 24.4. The molecule has 0 aliphatic rings. The van der Waals surface area contributed by atoms with Crippen LogP contribution in [0.25, 0.3) is 51.7 Å². The molecule has 3 nitrogen and oxygen atoms in total. The summed E-state index contributed by atoms with van der Waals surface area (Å²) in [5, 5.41) is 16.5. The quantitative estimate of drug-likeness (QED) is 0.261. The fraction of sp³-hybridized carbons (Fsp3) is 0.207. The molecule has 6 rings (SSSR count). The Morgan fingerprint density at radius 1 is 0.829 bits per heavy atom. The van der Waals surface area contributed by atoms with Gasteiger partial charge in [-0.2, -0.15) is 0 Å². The summed E-state index contributed by atoms with van der Waals surface area (Å²) in [6.45, 7) is 7.46. The first-order valence-corrected chi connectivity index (χ1v) is 13.4. The Kier molecular flexibility index (Phi) is 5.27. The standard InChI is InChI=1S/C29H26BNO2S2/c1-28(2,32)29(3,4)33-30-21-13-8-14-23-25(21)19-11-7-12-20(26(19)34-23)27-31-22-15-17-9-5-6-10-18(17)16-24(22)35-27/h5-16,30,32H,1-4H3. The lowest BCUT2D eigenvalue weighted by atomic mass is 9.80. The molecule has 0 saturated heterocycles. The molecular weight excluding hydrogens is 469 g/mol. The Balaban J connectivity index is 1.47. The van der Waals surface area contributed by atoms with Crippen LogP contribution in [0.4, 0.5) is 0 Å². The van der Waals surface area contributed by atoms with Crippen LogP contribution in [0.15, 0.2) is 72.8 Å². The maximum atomic E-state index is 10.5. The summed E-state index contributed by atoms with van der Waals surface area (Å²) in [5.41, 5.74) is 1.75. The molecule has 35 heavy (non-hydrogen) atoms. The van der Waals surface area contributed by atoms with E-state index in [1.54, 1.807) is 25.2 Å². The van der Waals surface area contributed by atoms with E-state index in [2.05, 4.69) is 72.8 Å². The molecule has 0 saturated carbocycles. The first-order valence-electron chi connectivity index (χ1n) is 11.8. The number of benzene rings is 4. The van der Waals surface area contributed by atoms with Crippen LogP contribution in [-0.2, 0) is 4.65 Å². The number of thiophene rings is 1. The summed E-state index contributed by atoms with van der Waals surface area (Å²) in [6.07, 6.45) is 0. The highest BCUT2D eigenvalue weighted by atomic mass is 32.1. The van der Waals surface area contributed by atoms with E-state index in [1.807, 2.05) is 25.2 Å². The van der Waals surface area contributed by atoms with E-state index in [1.165, 1.54) is 41.2 Å². The second-order valence-corrected chi connectivity index (χ2v) is 12.2. The molecule has 0 aliphatic heterocycles. The third-order valence-electron chi connectivity index (χ3n) is 7.16. The summed E-state index contributed by atoms with van der Waals surface area (Å²) in [4.78, 5) is 5.04. The van der Waals surface area contributed by atoms with Crippen molar-refractivity contribution in [3.8, 4) is 10.6 Å². The molecule has 1 N–H and O–H groups in total. The van der Waals surface area contributed by atoms with Gasteiger partial charge in [0.15, 0.2) is 0 Å². The third-order valence-corrected chi connectivity index (χ3v) is 9.41. The Labute approximate surface area is 213 Å². The molecule has 0 amide bonds. The highest BCUT2D eigenvalue weighted by Gasteiger charge is 2.35. The molecular formula is C29H26BNO2S2. The Morgan fingerprint density at radius 2 is 1.57 bits per heavy atom. The SMILES string of the molecule is CC(C)(O)C(C)(C)OBc1cccc2sc3c(-c4nc5cc6ccccc6cc5s4)cccc3c12.